The lowest BCUT2D eigenvalue weighted by molar-refractivity contribution is 0.414. The molecule has 1 aromatic carbocycles. The van der Waals surface area contributed by atoms with Gasteiger partial charge in [0.25, 0.3) is 0 Å². The molecule has 5 heteroatoms. The standard InChI is InChI=1S/C14H18FN3O/c1-3-7-18-8-6-16-14(18)10-17-13-9-11(19-2)4-5-12(13)15/h4-6,8-9,17H,3,7,10H2,1-2H3. The third kappa shape index (κ3) is 3.24. The number of nitrogens with zero attached hydrogens (tertiary/aromatic N) is 2. The molecule has 1 heterocycles. The second-order valence-electron chi connectivity index (χ2n) is 4.24. The highest BCUT2D eigenvalue weighted by Gasteiger charge is 2.06. The molecule has 0 amide bonds. The lowest BCUT2D eigenvalue weighted by Crippen LogP contribution is -2.09. The summed E-state index contributed by atoms with van der Waals surface area (Å²) in [5, 5.41) is 3.05. The van der Waals surface area contributed by atoms with Crippen LogP contribution in [0.3, 0.4) is 0 Å². The number of rotatable bonds is 6. The number of nitrogens with one attached hydrogen (secondary N) is 1. The van der Waals surface area contributed by atoms with E-state index in [4.69, 9.17) is 4.74 Å². The summed E-state index contributed by atoms with van der Waals surface area (Å²) in [5.41, 5.74) is 0.422. The molecule has 0 saturated carbocycles. The zero-order chi connectivity index (χ0) is 13.7. The maximum Gasteiger partial charge on any atom is 0.146 e. The highest BCUT2D eigenvalue weighted by molar-refractivity contribution is 5.49. The van der Waals surface area contributed by atoms with Crippen molar-refractivity contribution in [2.24, 2.45) is 0 Å². The third-order valence-corrected chi connectivity index (χ3v) is 2.88. The molecule has 0 aliphatic carbocycles. The second kappa shape index (κ2) is 6.22. The Hall–Kier alpha value is -2.04. The fraction of sp³-hybridized carbons (Fsp3) is 0.357. The lowest BCUT2D eigenvalue weighted by atomic mass is 10.3. The summed E-state index contributed by atoms with van der Waals surface area (Å²) in [6, 6.07) is 4.63. The number of aromatic nitrogens is 2. The lowest BCUT2D eigenvalue weighted by Gasteiger charge is -2.10. The largest absolute Gasteiger partial charge is 0.497 e. The van der Waals surface area contributed by atoms with Gasteiger partial charge in [0, 0.05) is 25.0 Å². The number of benzene rings is 1. The smallest absolute Gasteiger partial charge is 0.146 e. The Labute approximate surface area is 112 Å². The van der Waals surface area contributed by atoms with Crippen LogP contribution in [0.1, 0.15) is 19.2 Å². The molecule has 4 nitrogen and oxygen atoms in total. The summed E-state index contributed by atoms with van der Waals surface area (Å²) in [5.74, 6) is 1.22. The zero-order valence-corrected chi connectivity index (χ0v) is 11.2. The van der Waals surface area contributed by atoms with E-state index in [9.17, 15) is 4.39 Å². The van der Waals surface area contributed by atoms with Gasteiger partial charge < -0.3 is 14.6 Å². The van der Waals surface area contributed by atoms with E-state index in [0.29, 0.717) is 18.0 Å². The number of methoxy groups -OCH3 is 1. The van der Waals surface area contributed by atoms with Crippen molar-refractivity contribution in [2.45, 2.75) is 26.4 Å². The third-order valence-electron chi connectivity index (χ3n) is 2.88. The molecule has 0 saturated heterocycles. The highest BCUT2D eigenvalue weighted by atomic mass is 19.1. The predicted octanol–water partition coefficient (Wildman–Crippen LogP) is 3.05. The van der Waals surface area contributed by atoms with Gasteiger partial charge in [0.2, 0.25) is 0 Å². The summed E-state index contributed by atoms with van der Waals surface area (Å²) in [6.45, 7) is 3.51. The Morgan fingerprint density at radius 3 is 3.00 bits per heavy atom. The van der Waals surface area contributed by atoms with Crippen molar-refractivity contribution in [3.05, 3.63) is 42.2 Å². The molecule has 2 rings (SSSR count). The van der Waals surface area contributed by atoms with Crippen LogP contribution in [-0.2, 0) is 13.1 Å². The van der Waals surface area contributed by atoms with Gasteiger partial charge in [0.15, 0.2) is 0 Å². The maximum absolute atomic E-state index is 13.6. The van der Waals surface area contributed by atoms with Gasteiger partial charge in [-0.3, -0.25) is 0 Å². The van der Waals surface area contributed by atoms with Crippen LogP contribution in [0.2, 0.25) is 0 Å². The Kier molecular flexibility index (Phi) is 4.39. The first-order chi connectivity index (χ1) is 9.24. The van der Waals surface area contributed by atoms with Crippen molar-refractivity contribution in [1.29, 1.82) is 0 Å². The zero-order valence-electron chi connectivity index (χ0n) is 11.2. The van der Waals surface area contributed by atoms with E-state index >= 15 is 0 Å². The van der Waals surface area contributed by atoms with Gasteiger partial charge in [0.1, 0.15) is 17.4 Å². The minimum atomic E-state index is -0.297. The van der Waals surface area contributed by atoms with Gasteiger partial charge in [-0.05, 0) is 18.6 Å². The molecule has 0 aliphatic heterocycles. The van der Waals surface area contributed by atoms with Gasteiger partial charge in [-0.2, -0.15) is 0 Å². The number of anilines is 1. The Morgan fingerprint density at radius 1 is 1.42 bits per heavy atom. The maximum atomic E-state index is 13.6. The van der Waals surface area contributed by atoms with Gasteiger partial charge in [-0.25, -0.2) is 9.37 Å². The van der Waals surface area contributed by atoms with Crippen LogP contribution in [0.15, 0.2) is 30.6 Å². The van der Waals surface area contributed by atoms with Crippen molar-refractivity contribution in [3.63, 3.8) is 0 Å². The predicted molar refractivity (Wildman–Crippen MR) is 72.8 cm³/mol. The SMILES string of the molecule is CCCn1ccnc1CNc1cc(OC)ccc1F. The number of hydrogen-bond acceptors (Lipinski definition) is 3. The summed E-state index contributed by atoms with van der Waals surface area (Å²) < 4.78 is 20.8. The fourth-order valence-corrected chi connectivity index (χ4v) is 1.89. The van der Waals surface area contributed by atoms with Crippen LogP contribution in [-0.4, -0.2) is 16.7 Å². The van der Waals surface area contributed by atoms with Gasteiger partial charge in [-0.1, -0.05) is 6.92 Å². The molecule has 102 valence electrons. The Balaban J connectivity index is 2.07. The van der Waals surface area contributed by atoms with Gasteiger partial charge in [0.05, 0.1) is 19.3 Å². The minimum absolute atomic E-state index is 0.297. The molecule has 19 heavy (non-hydrogen) atoms. The average molecular weight is 263 g/mol. The van der Waals surface area contributed by atoms with E-state index in [-0.39, 0.29) is 5.82 Å². The Morgan fingerprint density at radius 2 is 2.26 bits per heavy atom. The van der Waals surface area contributed by atoms with E-state index < -0.39 is 0 Å². The Bertz CT molecular complexity index is 539. The monoisotopic (exact) mass is 263 g/mol. The molecule has 0 fully saturated rings. The van der Waals surface area contributed by atoms with E-state index in [2.05, 4.69) is 21.8 Å². The van der Waals surface area contributed by atoms with Crippen molar-refractivity contribution >= 4 is 5.69 Å². The van der Waals surface area contributed by atoms with Crippen LogP contribution < -0.4 is 10.1 Å². The summed E-state index contributed by atoms with van der Waals surface area (Å²) in [6.07, 6.45) is 4.73. The topological polar surface area (TPSA) is 39.1 Å². The summed E-state index contributed by atoms with van der Waals surface area (Å²) in [4.78, 5) is 4.27. The number of imidazole rings is 1. The van der Waals surface area contributed by atoms with Gasteiger partial charge in [-0.15, -0.1) is 0 Å². The van der Waals surface area contributed by atoms with Crippen LogP contribution in [0, 0.1) is 5.82 Å². The first kappa shape index (κ1) is 13.4. The number of aryl methyl sites for hydroxylation is 1. The summed E-state index contributed by atoms with van der Waals surface area (Å²) >= 11 is 0. The molecule has 0 spiro atoms. The molecule has 1 aromatic heterocycles. The molecule has 0 bridgehead atoms. The first-order valence-electron chi connectivity index (χ1n) is 6.32. The second-order valence-corrected chi connectivity index (χ2v) is 4.24. The molecule has 1 N–H and O–H groups in total. The number of ether oxygens (including phenoxy) is 1. The first-order valence-corrected chi connectivity index (χ1v) is 6.32. The quantitative estimate of drug-likeness (QED) is 0.870. The van der Waals surface area contributed by atoms with Crippen molar-refractivity contribution < 1.29 is 9.13 Å². The van der Waals surface area contributed by atoms with Crippen molar-refractivity contribution in [1.82, 2.24) is 9.55 Å². The number of hydrogen-bond donors (Lipinski definition) is 1. The minimum Gasteiger partial charge on any atom is -0.497 e. The van der Waals surface area contributed by atoms with Crippen LogP contribution >= 0.6 is 0 Å². The average Bonchev–Trinajstić information content (AvgIpc) is 2.86. The van der Waals surface area contributed by atoms with E-state index in [1.165, 1.54) is 6.07 Å². The van der Waals surface area contributed by atoms with Crippen molar-refractivity contribution in [2.75, 3.05) is 12.4 Å². The molecule has 0 unspecified atom stereocenters. The van der Waals surface area contributed by atoms with Gasteiger partial charge >= 0.3 is 0 Å². The molecule has 0 radical (unpaired) electrons. The van der Waals surface area contributed by atoms with Crippen LogP contribution in [0.4, 0.5) is 10.1 Å². The van der Waals surface area contributed by atoms with E-state index in [0.717, 1.165) is 18.8 Å². The van der Waals surface area contributed by atoms with E-state index in [1.54, 1.807) is 25.4 Å². The van der Waals surface area contributed by atoms with E-state index in [1.807, 2.05) is 6.20 Å². The normalized spacial score (nSPS) is 10.5. The fourth-order valence-electron chi connectivity index (χ4n) is 1.89. The summed E-state index contributed by atoms with van der Waals surface area (Å²) in [7, 11) is 1.56. The molecular weight excluding hydrogens is 245 g/mol. The number of halogens is 1. The molecule has 0 aliphatic rings. The highest BCUT2D eigenvalue weighted by Crippen LogP contribution is 2.21. The van der Waals surface area contributed by atoms with Crippen LogP contribution in [0.5, 0.6) is 5.75 Å². The van der Waals surface area contributed by atoms with Crippen molar-refractivity contribution in [3.8, 4) is 5.75 Å². The molecule has 0 atom stereocenters. The van der Waals surface area contributed by atoms with Crippen LogP contribution in [0.25, 0.3) is 0 Å². The molecule has 2 aromatic rings. The molecular formula is C14H18FN3O.